The number of Topliss-reactive ketones (excluding diaryl/α,β-unsaturated/α-hetero) is 1. The maximum atomic E-state index is 11.3. The molecule has 12 heavy (non-hydrogen) atoms. The van der Waals surface area contributed by atoms with Gasteiger partial charge in [-0.2, -0.15) is 0 Å². The van der Waals surface area contributed by atoms with Crippen LogP contribution in [0.2, 0.25) is 0 Å². The molecule has 1 aromatic carbocycles. The van der Waals surface area contributed by atoms with E-state index in [0.29, 0.717) is 0 Å². The van der Waals surface area contributed by atoms with Crippen molar-refractivity contribution in [2.24, 2.45) is 5.92 Å². The van der Waals surface area contributed by atoms with E-state index >= 15 is 0 Å². The summed E-state index contributed by atoms with van der Waals surface area (Å²) in [5.41, 5.74) is 0.808. The third-order valence-corrected chi connectivity index (χ3v) is 1.58. The number of hydrogen-bond donors (Lipinski definition) is 0. The molecule has 1 rings (SSSR count). The highest BCUT2D eigenvalue weighted by Crippen LogP contribution is 2.06. The molecular formula is C10H13BrO. The maximum Gasteiger partial charge on any atom is 0.165 e. The molecule has 0 spiro atoms. The molecule has 0 aliphatic rings. The highest BCUT2D eigenvalue weighted by atomic mass is 79.9. The van der Waals surface area contributed by atoms with E-state index in [1.54, 1.807) is 0 Å². The SMILES string of the molecule is Br.CC(C)C(=O)c1ccccc1. The van der Waals surface area contributed by atoms with Crippen LogP contribution in [0.15, 0.2) is 30.3 Å². The summed E-state index contributed by atoms with van der Waals surface area (Å²) in [5, 5.41) is 0. The van der Waals surface area contributed by atoms with Gasteiger partial charge in [-0.25, -0.2) is 0 Å². The lowest BCUT2D eigenvalue weighted by Crippen LogP contribution is -2.06. The minimum atomic E-state index is 0. The standard InChI is InChI=1S/C10H12O.BrH/c1-8(2)10(11)9-6-4-3-5-7-9;/h3-8H,1-2H3;1H. The Morgan fingerprint density at radius 3 is 2.08 bits per heavy atom. The van der Waals surface area contributed by atoms with E-state index in [1.165, 1.54) is 0 Å². The number of hydrogen-bond acceptors (Lipinski definition) is 1. The van der Waals surface area contributed by atoms with Crippen molar-refractivity contribution in [2.45, 2.75) is 13.8 Å². The zero-order valence-corrected chi connectivity index (χ0v) is 8.99. The number of rotatable bonds is 2. The Bertz CT molecular complexity index is 241. The lowest BCUT2D eigenvalue weighted by atomic mass is 10.0. The van der Waals surface area contributed by atoms with Crippen molar-refractivity contribution in [2.75, 3.05) is 0 Å². The Balaban J connectivity index is 0.00000121. The van der Waals surface area contributed by atoms with Gasteiger partial charge in [-0.1, -0.05) is 44.2 Å². The van der Waals surface area contributed by atoms with E-state index in [1.807, 2.05) is 44.2 Å². The summed E-state index contributed by atoms with van der Waals surface area (Å²) in [5.74, 6) is 0.308. The Morgan fingerprint density at radius 1 is 1.17 bits per heavy atom. The largest absolute Gasteiger partial charge is 0.294 e. The fraction of sp³-hybridized carbons (Fsp3) is 0.300. The average Bonchev–Trinajstić information content (AvgIpc) is 2.05. The first-order chi connectivity index (χ1) is 5.22. The second kappa shape index (κ2) is 5.09. The smallest absolute Gasteiger partial charge is 0.165 e. The van der Waals surface area contributed by atoms with E-state index in [2.05, 4.69) is 0 Å². The first-order valence-electron chi connectivity index (χ1n) is 3.81. The van der Waals surface area contributed by atoms with Gasteiger partial charge in [0.1, 0.15) is 0 Å². The van der Waals surface area contributed by atoms with Crippen molar-refractivity contribution in [3.05, 3.63) is 35.9 Å². The topological polar surface area (TPSA) is 17.1 Å². The molecular weight excluding hydrogens is 216 g/mol. The van der Waals surface area contributed by atoms with E-state index < -0.39 is 0 Å². The van der Waals surface area contributed by atoms with Gasteiger partial charge in [-0.3, -0.25) is 4.79 Å². The molecule has 0 fully saturated rings. The van der Waals surface area contributed by atoms with Gasteiger partial charge < -0.3 is 0 Å². The van der Waals surface area contributed by atoms with Gasteiger partial charge in [-0.05, 0) is 0 Å². The Labute approximate surface area is 83.6 Å². The second-order valence-electron chi connectivity index (χ2n) is 2.88. The Kier molecular flexibility index (Phi) is 4.83. The van der Waals surface area contributed by atoms with Crippen LogP contribution in [-0.4, -0.2) is 5.78 Å². The quantitative estimate of drug-likeness (QED) is 0.712. The van der Waals surface area contributed by atoms with Crippen molar-refractivity contribution >= 4 is 22.8 Å². The van der Waals surface area contributed by atoms with Crippen molar-refractivity contribution in [1.29, 1.82) is 0 Å². The first-order valence-corrected chi connectivity index (χ1v) is 3.81. The summed E-state index contributed by atoms with van der Waals surface area (Å²) in [6, 6.07) is 9.38. The zero-order chi connectivity index (χ0) is 8.27. The zero-order valence-electron chi connectivity index (χ0n) is 7.28. The van der Waals surface area contributed by atoms with Gasteiger partial charge in [-0.15, -0.1) is 17.0 Å². The molecule has 0 atom stereocenters. The Hall–Kier alpha value is -0.630. The van der Waals surface area contributed by atoms with Gasteiger partial charge in [0.05, 0.1) is 0 Å². The van der Waals surface area contributed by atoms with Crippen molar-refractivity contribution in [3.63, 3.8) is 0 Å². The first kappa shape index (κ1) is 11.4. The molecule has 0 bridgehead atoms. The van der Waals surface area contributed by atoms with Crippen LogP contribution < -0.4 is 0 Å². The normalized spacial score (nSPS) is 9.25. The van der Waals surface area contributed by atoms with Gasteiger partial charge in [0.15, 0.2) is 5.78 Å². The van der Waals surface area contributed by atoms with Gasteiger partial charge >= 0.3 is 0 Å². The molecule has 0 saturated carbocycles. The fourth-order valence-corrected chi connectivity index (χ4v) is 0.936. The van der Waals surface area contributed by atoms with Crippen LogP contribution in [0.3, 0.4) is 0 Å². The van der Waals surface area contributed by atoms with Crippen molar-refractivity contribution in [3.8, 4) is 0 Å². The molecule has 0 aromatic heterocycles. The molecule has 1 aromatic rings. The summed E-state index contributed by atoms with van der Waals surface area (Å²) in [7, 11) is 0. The predicted molar refractivity (Wildman–Crippen MR) is 55.9 cm³/mol. The van der Waals surface area contributed by atoms with Crippen LogP contribution in [0, 0.1) is 5.92 Å². The summed E-state index contributed by atoms with van der Waals surface area (Å²) in [6.45, 7) is 3.82. The molecule has 0 aliphatic heterocycles. The fourth-order valence-electron chi connectivity index (χ4n) is 0.936. The van der Waals surface area contributed by atoms with Crippen LogP contribution in [-0.2, 0) is 0 Å². The van der Waals surface area contributed by atoms with Crippen LogP contribution in [0.25, 0.3) is 0 Å². The molecule has 0 saturated heterocycles. The van der Waals surface area contributed by atoms with E-state index in [0.717, 1.165) is 5.56 Å². The van der Waals surface area contributed by atoms with E-state index in [9.17, 15) is 4.79 Å². The minimum absolute atomic E-state index is 0. The van der Waals surface area contributed by atoms with Gasteiger partial charge in [0.25, 0.3) is 0 Å². The number of halogens is 1. The summed E-state index contributed by atoms with van der Waals surface area (Å²) in [6.07, 6.45) is 0. The average molecular weight is 229 g/mol. The van der Waals surface area contributed by atoms with E-state index in [-0.39, 0.29) is 28.7 Å². The lowest BCUT2D eigenvalue weighted by molar-refractivity contribution is 0.0939. The van der Waals surface area contributed by atoms with E-state index in [4.69, 9.17) is 0 Å². The molecule has 0 radical (unpaired) electrons. The molecule has 0 aliphatic carbocycles. The van der Waals surface area contributed by atoms with Crippen LogP contribution in [0.5, 0.6) is 0 Å². The minimum Gasteiger partial charge on any atom is -0.294 e. The van der Waals surface area contributed by atoms with Crippen molar-refractivity contribution in [1.82, 2.24) is 0 Å². The number of ketones is 1. The maximum absolute atomic E-state index is 11.3. The summed E-state index contributed by atoms with van der Waals surface area (Å²) in [4.78, 5) is 11.3. The van der Waals surface area contributed by atoms with Crippen molar-refractivity contribution < 1.29 is 4.79 Å². The number of carbonyl (C=O) groups excluding carboxylic acids is 1. The molecule has 1 nitrogen and oxygen atoms in total. The summed E-state index contributed by atoms with van der Waals surface area (Å²) < 4.78 is 0. The lowest BCUT2D eigenvalue weighted by Gasteiger charge is -2.01. The molecule has 0 amide bonds. The molecule has 0 N–H and O–H groups in total. The highest BCUT2D eigenvalue weighted by molar-refractivity contribution is 8.93. The third-order valence-electron chi connectivity index (χ3n) is 1.58. The van der Waals surface area contributed by atoms with Gasteiger partial charge in [0.2, 0.25) is 0 Å². The third kappa shape index (κ3) is 2.78. The van der Waals surface area contributed by atoms with Gasteiger partial charge in [0, 0.05) is 11.5 Å². The predicted octanol–water partition coefficient (Wildman–Crippen LogP) is 3.10. The molecule has 0 unspecified atom stereocenters. The van der Waals surface area contributed by atoms with Crippen LogP contribution in [0.1, 0.15) is 24.2 Å². The van der Waals surface area contributed by atoms with Crippen LogP contribution in [0.4, 0.5) is 0 Å². The Morgan fingerprint density at radius 2 is 1.67 bits per heavy atom. The second-order valence-corrected chi connectivity index (χ2v) is 2.88. The monoisotopic (exact) mass is 228 g/mol. The molecule has 0 heterocycles. The van der Waals surface area contributed by atoms with Crippen LogP contribution >= 0.6 is 17.0 Å². The number of carbonyl (C=O) groups is 1. The number of benzene rings is 1. The molecule has 2 heteroatoms. The highest BCUT2D eigenvalue weighted by Gasteiger charge is 2.08. The molecule has 66 valence electrons. The summed E-state index contributed by atoms with van der Waals surface area (Å²) >= 11 is 0.